The quantitative estimate of drug-likeness (QED) is 0.788. The highest BCUT2D eigenvalue weighted by Crippen LogP contribution is 2.21. The Morgan fingerprint density at radius 3 is 2.94 bits per heavy atom. The highest BCUT2D eigenvalue weighted by atomic mass is 16.1. The van der Waals surface area contributed by atoms with Crippen LogP contribution in [0.25, 0.3) is 0 Å². The summed E-state index contributed by atoms with van der Waals surface area (Å²) >= 11 is 0. The van der Waals surface area contributed by atoms with Crippen molar-refractivity contribution in [2.45, 2.75) is 19.4 Å². The van der Waals surface area contributed by atoms with Crippen LogP contribution in [0.1, 0.15) is 22.5 Å². The number of amides is 1. The second kappa shape index (κ2) is 4.71. The molecular weight excluding hydrogens is 216 g/mol. The van der Waals surface area contributed by atoms with Crippen LogP contribution in [-0.4, -0.2) is 37.1 Å². The highest BCUT2D eigenvalue weighted by Gasteiger charge is 2.23. The summed E-state index contributed by atoms with van der Waals surface area (Å²) in [5, 5.41) is 3.30. The molecule has 1 saturated heterocycles. The number of pyridine rings is 1. The Labute approximate surface area is 101 Å². The molecule has 17 heavy (non-hydrogen) atoms. The van der Waals surface area contributed by atoms with Crippen LogP contribution in [0.4, 0.5) is 5.82 Å². The van der Waals surface area contributed by atoms with E-state index in [2.05, 4.69) is 10.3 Å². The number of rotatable bonds is 3. The van der Waals surface area contributed by atoms with E-state index < -0.39 is 5.91 Å². The second-order valence-corrected chi connectivity index (χ2v) is 4.45. The predicted octanol–water partition coefficient (Wildman–Crippen LogP) is 0.287. The molecule has 1 aromatic heterocycles. The van der Waals surface area contributed by atoms with Crippen molar-refractivity contribution in [1.82, 2.24) is 10.3 Å². The smallest absolute Gasteiger partial charge is 0.252 e. The van der Waals surface area contributed by atoms with E-state index in [1.54, 1.807) is 6.07 Å². The minimum Gasteiger partial charge on any atom is -0.365 e. The molecule has 0 aromatic carbocycles. The maximum atomic E-state index is 11.4. The summed E-state index contributed by atoms with van der Waals surface area (Å²) in [6.45, 7) is 3.84. The molecule has 1 fully saturated rings. The van der Waals surface area contributed by atoms with Crippen LogP contribution in [-0.2, 0) is 0 Å². The fourth-order valence-corrected chi connectivity index (χ4v) is 2.15. The summed E-state index contributed by atoms with van der Waals surface area (Å²) < 4.78 is 0. The molecule has 0 saturated carbocycles. The SMILES string of the molecule is Cc1ccc(C(N)=O)c(N(C)C2CCNC2)n1. The molecule has 92 valence electrons. The van der Waals surface area contributed by atoms with E-state index in [9.17, 15) is 4.79 Å². The molecule has 1 amide bonds. The number of hydrogen-bond acceptors (Lipinski definition) is 4. The van der Waals surface area contributed by atoms with Crippen molar-refractivity contribution in [1.29, 1.82) is 0 Å². The van der Waals surface area contributed by atoms with Crippen LogP contribution >= 0.6 is 0 Å². The van der Waals surface area contributed by atoms with Gasteiger partial charge in [0.2, 0.25) is 0 Å². The number of nitrogens with zero attached hydrogens (tertiary/aromatic N) is 2. The lowest BCUT2D eigenvalue weighted by molar-refractivity contribution is 0.100. The number of carbonyl (C=O) groups excluding carboxylic acids is 1. The molecule has 5 heteroatoms. The molecule has 2 rings (SSSR count). The molecule has 0 spiro atoms. The third-order valence-corrected chi connectivity index (χ3v) is 3.20. The summed E-state index contributed by atoms with van der Waals surface area (Å²) in [6, 6.07) is 3.94. The van der Waals surface area contributed by atoms with E-state index in [4.69, 9.17) is 5.73 Å². The van der Waals surface area contributed by atoms with Gasteiger partial charge in [0.1, 0.15) is 5.82 Å². The molecule has 1 aliphatic rings. The molecule has 3 N–H and O–H groups in total. The van der Waals surface area contributed by atoms with Crippen molar-refractivity contribution >= 4 is 11.7 Å². The van der Waals surface area contributed by atoms with Crippen molar-refractivity contribution < 1.29 is 4.79 Å². The van der Waals surface area contributed by atoms with E-state index in [1.807, 2.05) is 24.9 Å². The van der Waals surface area contributed by atoms with Crippen LogP contribution in [0.5, 0.6) is 0 Å². The monoisotopic (exact) mass is 234 g/mol. The minimum absolute atomic E-state index is 0.377. The van der Waals surface area contributed by atoms with Crippen LogP contribution in [0, 0.1) is 6.92 Å². The molecule has 2 heterocycles. The first-order valence-corrected chi connectivity index (χ1v) is 5.80. The fraction of sp³-hybridized carbons (Fsp3) is 0.500. The van der Waals surface area contributed by atoms with Gasteiger partial charge in [-0.1, -0.05) is 0 Å². The fourth-order valence-electron chi connectivity index (χ4n) is 2.15. The number of aryl methyl sites for hydroxylation is 1. The minimum atomic E-state index is -0.426. The average Bonchev–Trinajstić information content (AvgIpc) is 2.80. The van der Waals surface area contributed by atoms with Crippen LogP contribution in [0.15, 0.2) is 12.1 Å². The zero-order valence-electron chi connectivity index (χ0n) is 10.2. The van der Waals surface area contributed by atoms with Gasteiger partial charge in [0.25, 0.3) is 5.91 Å². The van der Waals surface area contributed by atoms with Crippen molar-refractivity contribution in [3.63, 3.8) is 0 Å². The zero-order valence-corrected chi connectivity index (χ0v) is 10.2. The van der Waals surface area contributed by atoms with Gasteiger partial charge < -0.3 is 16.0 Å². The van der Waals surface area contributed by atoms with E-state index in [1.165, 1.54) is 0 Å². The van der Waals surface area contributed by atoms with Crippen LogP contribution < -0.4 is 16.0 Å². The van der Waals surface area contributed by atoms with Gasteiger partial charge in [-0.05, 0) is 32.0 Å². The Kier molecular flexibility index (Phi) is 3.28. The predicted molar refractivity (Wildman–Crippen MR) is 67.2 cm³/mol. The number of primary amides is 1. The topological polar surface area (TPSA) is 71.2 Å². The first-order valence-electron chi connectivity index (χ1n) is 5.80. The Hall–Kier alpha value is -1.62. The van der Waals surface area contributed by atoms with Gasteiger partial charge in [-0.3, -0.25) is 4.79 Å². The number of nitrogens with two attached hydrogens (primary N) is 1. The summed E-state index contributed by atoms with van der Waals surface area (Å²) in [7, 11) is 1.96. The van der Waals surface area contributed by atoms with Crippen LogP contribution in [0.3, 0.4) is 0 Å². The summed E-state index contributed by atoms with van der Waals surface area (Å²) in [5.41, 5.74) is 6.76. The normalized spacial score (nSPS) is 19.3. The number of hydrogen-bond donors (Lipinski definition) is 2. The van der Waals surface area contributed by atoms with Gasteiger partial charge in [-0.15, -0.1) is 0 Å². The number of likely N-dealkylation sites (N-methyl/N-ethyl adjacent to an activating group) is 1. The van der Waals surface area contributed by atoms with Gasteiger partial charge in [-0.2, -0.15) is 0 Å². The summed E-state index contributed by atoms with van der Waals surface area (Å²) in [5.74, 6) is 0.261. The third kappa shape index (κ3) is 2.39. The maximum Gasteiger partial charge on any atom is 0.252 e. The van der Waals surface area contributed by atoms with E-state index in [0.29, 0.717) is 17.4 Å². The van der Waals surface area contributed by atoms with Crippen molar-refractivity contribution in [2.24, 2.45) is 5.73 Å². The number of nitrogens with one attached hydrogen (secondary N) is 1. The Balaban J connectivity index is 2.34. The molecule has 0 bridgehead atoms. The van der Waals surface area contributed by atoms with E-state index >= 15 is 0 Å². The maximum absolute atomic E-state index is 11.4. The highest BCUT2D eigenvalue weighted by molar-refractivity contribution is 5.97. The number of anilines is 1. The van der Waals surface area contributed by atoms with Gasteiger partial charge >= 0.3 is 0 Å². The first-order chi connectivity index (χ1) is 8.09. The molecule has 1 atom stereocenters. The Morgan fingerprint density at radius 1 is 1.59 bits per heavy atom. The first kappa shape index (κ1) is 11.9. The lowest BCUT2D eigenvalue weighted by Gasteiger charge is -2.26. The third-order valence-electron chi connectivity index (χ3n) is 3.20. The van der Waals surface area contributed by atoms with Crippen molar-refractivity contribution in [2.75, 3.05) is 25.0 Å². The van der Waals surface area contributed by atoms with Gasteiger partial charge in [0.05, 0.1) is 5.56 Å². The Morgan fingerprint density at radius 2 is 2.35 bits per heavy atom. The zero-order chi connectivity index (χ0) is 12.4. The van der Waals surface area contributed by atoms with E-state index in [-0.39, 0.29) is 0 Å². The number of carbonyl (C=O) groups is 1. The molecule has 0 aliphatic carbocycles. The molecule has 5 nitrogen and oxygen atoms in total. The van der Waals surface area contributed by atoms with Gasteiger partial charge in [-0.25, -0.2) is 4.98 Å². The second-order valence-electron chi connectivity index (χ2n) is 4.45. The largest absolute Gasteiger partial charge is 0.365 e. The van der Waals surface area contributed by atoms with Crippen LogP contribution in [0.2, 0.25) is 0 Å². The molecule has 1 unspecified atom stereocenters. The number of aromatic nitrogens is 1. The molecule has 0 radical (unpaired) electrons. The van der Waals surface area contributed by atoms with E-state index in [0.717, 1.165) is 25.2 Å². The van der Waals surface area contributed by atoms with Gasteiger partial charge in [0.15, 0.2) is 0 Å². The van der Waals surface area contributed by atoms with Gasteiger partial charge in [0, 0.05) is 25.3 Å². The molecule has 1 aliphatic heterocycles. The van der Waals surface area contributed by atoms with Crippen molar-refractivity contribution in [3.8, 4) is 0 Å². The standard InChI is InChI=1S/C12H18N4O/c1-8-3-4-10(11(13)17)12(15-8)16(2)9-5-6-14-7-9/h3-4,9,14H,5-7H2,1-2H3,(H2,13,17). The molecular formula is C12H18N4O. The van der Waals surface area contributed by atoms with Crippen molar-refractivity contribution in [3.05, 3.63) is 23.4 Å². The lowest BCUT2D eigenvalue weighted by Crippen LogP contribution is -2.35. The summed E-state index contributed by atoms with van der Waals surface area (Å²) in [4.78, 5) is 17.9. The summed E-state index contributed by atoms with van der Waals surface area (Å²) in [6.07, 6.45) is 1.06. The Bertz CT molecular complexity index is 427. The molecule has 1 aromatic rings. The lowest BCUT2D eigenvalue weighted by atomic mass is 10.1. The average molecular weight is 234 g/mol.